The van der Waals surface area contributed by atoms with Gasteiger partial charge in [-0.25, -0.2) is 4.98 Å². The van der Waals surface area contributed by atoms with Gasteiger partial charge in [0.25, 0.3) is 0 Å². The summed E-state index contributed by atoms with van der Waals surface area (Å²) in [6.45, 7) is 1.22. The molecular weight excluding hydrogens is 394 g/mol. The second kappa shape index (κ2) is 9.59. The normalized spacial score (nSPS) is 11.0. The predicted octanol–water partition coefficient (Wildman–Crippen LogP) is 4.83. The van der Waals surface area contributed by atoms with Gasteiger partial charge in [-0.3, -0.25) is 4.79 Å². The Morgan fingerprint density at radius 1 is 0.900 bits per heavy atom. The van der Waals surface area contributed by atoms with E-state index in [0.717, 1.165) is 35.3 Å². The maximum atomic E-state index is 12.4. The van der Waals surface area contributed by atoms with Crippen molar-refractivity contribution >= 4 is 28.5 Å². The van der Waals surface area contributed by atoms with Gasteiger partial charge in [0.05, 0.1) is 17.5 Å². The van der Waals surface area contributed by atoms with Crippen molar-refractivity contribution in [3.05, 3.63) is 101 Å². The van der Waals surface area contributed by atoms with E-state index in [9.17, 15) is 4.79 Å². The summed E-state index contributed by atoms with van der Waals surface area (Å²) in [5.74, 6) is 1.01. The number of carbonyl (C=O) groups excluding carboxylic acids is 1. The molecule has 1 amide bonds. The van der Waals surface area contributed by atoms with Crippen molar-refractivity contribution in [3.63, 3.8) is 0 Å². The van der Waals surface area contributed by atoms with Crippen molar-refractivity contribution in [1.29, 1.82) is 0 Å². The zero-order valence-corrected chi connectivity index (χ0v) is 17.5. The van der Waals surface area contributed by atoms with Crippen molar-refractivity contribution < 1.29 is 4.79 Å². The molecule has 1 N–H and O–H groups in total. The van der Waals surface area contributed by atoms with E-state index >= 15 is 0 Å². The first kappa shape index (κ1) is 20.2. The largest absolute Gasteiger partial charge is 0.354 e. The van der Waals surface area contributed by atoms with Crippen LogP contribution < -0.4 is 5.32 Å². The molecule has 0 aliphatic heterocycles. The van der Waals surface area contributed by atoms with Crippen LogP contribution in [0.25, 0.3) is 11.0 Å². The average molecular weight is 418 g/mol. The first-order chi connectivity index (χ1) is 14.7. The van der Waals surface area contributed by atoms with Crippen molar-refractivity contribution in [2.24, 2.45) is 0 Å². The number of amides is 1. The summed E-state index contributed by atoms with van der Waals surface area (Å²) in [7, 11) is 0. The van der Waals surface area contributed by atoms with Gasteiger partial charge in [0.2, 0.25) is 5.91 Å². The van der Waals surface area contributed by atoms with Gasteiger partial charge in [-0.15, -0.1) is 0 Å². The van der Waals surface area contributed by atoms with E-state index in [1.165, 1.54) is 5.56 Å². The molecule has 1 aromatic heterocycles. The minimum absolute atomic E-state index is 0.0293. The van der Waals surface area contributed by atoms with Crippen LogP contribution in [0.4, 0.5) is 0 Å². The summed E-state index contributed by atoms with van der Waals surface area (Å²) < 4.78 is 2.22. The molecule has 0 aliphatic rings. The van der Waals surface area contributed by atoms with E-state index in [4.69, 9.17) is 16.6 Å². The maximum absolute atomic E-state index is 12.4. The minimum Gasteiger partial charge on any atom is -0.354 e. The van der Waals surface area contributed by atoms with Gasteiger partial charge < -0.3 is 9.88 Å². The Hall–Kier alpha value is -3.11. The predicted molar refractivity (Wildman–Crippen MR) is 122 cm³/mol. The molecular formula is C25H24ClN3O. The van der Waals surface area contributed by atoms with Crippen LogP contribution >= 0.6 is 11.6 Å². The number of aromatic nitrogens is 2. The lowest BCUT2D eigenvalue weighted by Gasteiger charge is -2.11. The highest BCUT2D eigenvalue weighted by atomic mass is 35.5. The van der Waals surface area contributed by atoms with E-state index in [1.807, 2.05) is 42.5 Å². The van der Waals surface area contributed by atoms with Crippen molar-refractivity contribution in [3.8, 4) is 0 Å². The second-order valence-electron chi connectivity index (χ2n) is 7.27. The van der Waals surface area contributed by atoms with Crippen LogP contribution in [-0.2, 0) is 30.6 Å². The SMILES string of the molecule is O=C(Cc1ccccc1Cl)NCCn1c(CCc2ccccc2)nc2ccccc21. The van der Waals surface area contributed by atoms with Crippen LogP contribution in [0.5, 0.6) is 0 Å². The molecule has 0 spiro atoms. The first-order valence-corrected chi connectivity index (χ1v) is 10.6. The number of benzene rings is 3. The highest BCUT2D eigenvalue weighted by Crippen LogP contribution is 2.18. The molecule has 0 saturated heterocycles. The summed E-state index contributed by atoms with van der Waals surface area (Å²) in [5.41, 5.74) is 4.22. The second-order valence-corrected chi connectivity index (χ2v) is 7.68. The van der Waals surface area contributed by atoms with E-state index in [-0.39, 0.29) is 12.3 Å². The summed E-state index contributed by atoms with van der Waals surface area (Å²) in [4.78, 5) is 17.2. The molecule has 30 heavy (non-hydrogen) atoms. The fourth-order valence-electron chi connectivity index (χ4n) is 3.65. The topological polar surface area (TPSA) is 46.9 Å². The van der Waals surface area contributed by atoms with Crippen LogP contribution in [-0.4, -0.2) is 22.0 Å². The Labute approximate surface area is 181 Å². The number of halogens is 1. The molecule has 4 rings (SSSR count). The van der Waals surface area contributed by atoms with E-state index in [0.29, 0.717) is 18.1 Å². The number of nitrogens with one attached hydrogen (secondary N) is 1. The Morgan fingerprint density at radius 2 is 1.63 bits per heavy atom. The summed E-state index contributed by atoms with van der Waals surface area (Å²) in [6, 6.07) is 26.0. The van der Waals surface area contributed by atoms with Crippen molar-refractivity contribution in [1.82, 2.24) is 14.9 Å². The summed E-state index contributed by atoms with van der Waals surface area (Å²) in [5, 5.41) is 3.64. The number of para-hydroxylation sites is 2. The number of carbonyl (C=O) groups is 1. The van der Waals surface area contributed by atoms with Gasteiger partial charge >= 0.3 is 0 Å². The molecule has 0 aliphatic carbocycles. The van der Waals surface area contributed by atoms with Gasteiger partial charge in [-0.1, -0.05) is 72.3 Å². The molecule has 4 nitrogen and oxygen atoms in total. The zero-order valence-electron chi connectivity index (χ0n) is 16.7. The van der Waals surface area contributed by atoms with Crippen LogP contribution in [0, 0.1) is 0 Å². The third-order valence-electron chi connectivity index (χ3n) is 5.18. The Morgan fingerprint density at radius 3 is 2.47 bits per heavy atom. The van der Waals surface area contributed by atoms with Crippen LogP contribution in [0.15, 0.2) is 78.9 Å². The van der Waals surface area contributed by atoms with Gasteiger partial charge in [0, 0.05) is 24.5 Å². The number of hydrogen-bond acceptors (Lipinski definition) is 2. The quantitative estimate of drug-likeness (QED) is 0.446. The lowest BCUT2D eigenvalue weighted by atomic mass is 10.1. The van der Waals surface area contributed by atoms with Gasteiger partial charge in [0.15, 0.2) is 0 Å². The third kappa shape index (κ3) is 4.89. The fraction of sp³-hybridized carbons (Fsp3) is 0.200. The number of nitrogens with zero attached hydrogens (tertiary/aromatic N) is 2. The number of imidazole rings is 1. The van der Waals surface area contributed by atoms with Crippen LogP contribution in [0.2, 0.25) is 5.02 Å². The number of hydrogen-bond donors (Lipinski definition) is 1. The molecule has 1 heterocycles. The molecule has 0 fully saturated rings. The summed E-state index contributed by atoms with van der Waals surface area (Å²) >= 11 is 6.16. The molecule has 0 radical (unpaired) electrons. The molecule has 0 bridgehead atoms. The first-order valence-electron chi connectivity index (χ1n) is 10.2. The van der Waals surface area contributed by atoms with E-state index in [1.54, 1.807) is 6.07 Å². The smallest absolute Gasteiger partial charge is 0.224 e. The molecule has 0 unspecified atom stereocenters. The van der Waals surface area contributed by atoms with Gasteiger partial charge in [0.1, 0.15) is 5.82 Å². The van der Waals surface area contributed by atoms with E-state index in [2.05, 4.69) is 40.2 Å². The minimum atomic E-state index is -0.0293. The molecule has 152 valence electrons. The monoisotopic (exact) mass is 417 g/mol. The molecule has 4 aromatic rings. The average Bonchev–Trinajstić information content (AvgIpc) is 3.12. The Kier molecular flexibility index (Phi) is 6.45. The van der Waals surface area contributed by atoms with E-state index < -0.39 is 0 Å². The molecule has 0 saturated carbocycles. The van der Waals surface area contributed by atoms with Crippen LogP contribution in [0.3, 0.4) is 0 Å². The highest BCUT2D eigenvalue weighted by Gasteiger charge is 2.11. The lowest BCUT2D eigenvalue weighted by Crippen LogP contribution is -2.29. The molecule has 5 heteroatoms. The zero-order chi connectivity index (χ0) is 20.8. The lowest BCUT2D eigenvalue weighted by molar-refractivity contribution is -0.120. The number of aryl methyl sites for hydroxylation is 2. The molecule has 0 atom stereocenters. The maximum Gasteiger partial charge on any atom is 0.224 e. The molecule has 3 aromatic carbocycles. The van der Waals surface area contributed by atoms with Crippen molar-refractivity contribution in [2.75, 3.05) is 6.54 Å². The third-order valence-corrected chi connectivity index (χ3v) is 5.55. The number of rotatable bonds is 8. The number of fused-ring (bicyclic) bond motifs is 1. The Balaban J connectivity index is 1.42. The Bertz CT molecular complexity index is 1140. The van der Waals surface area contributed by atoms with Gasteiger partial charge in [-0.05, 0) is 35.7 Å². The summed E-state index contributed by atoms with van der Waals surface area (Å²) in [6.07, 6.45) is 2.07. The van der Waals surface area contributed by atoms with Crippen LogP contribution in [0.1, 0.15) is 17.0 Å². The standard InChI is InChI=1S/C25H24ClN3O/c26-21-11-5-4-10-20(21)18-25(30)27-16-17-29-23-13-7-6-12-22(23)28-24(29)15-14-19-8-2-1-3-9-19/h1-13H,14-18H2,(H,27,30). The highest BCUT2D eigenvalue weighted by molar-refractivity contribution is 6.31. The fourth-order valence-corrected chi connectivity index (χ4v) is 3.85. The van der Waals surface area contributed by atoms with Gasteiger partial charge in [-0.2, -0.15) is 0 Å². The van der Waals surface area contributed by atoms with Crippen molar-refractivity contribution in [2.45, 2.75) is 25.8 Å².